The molecule has 0 saturated carbocycles. The second kappa shape index (κ2) is 6.40. The molecule has 3 nitrogen and oxygen atoms in total. The molecule has 72 valence electrons. The van der Waals surface area contributed by atoms with Gasteiger partial charge >= 0.3 is 0 Å². The molecule has 0 atom stereocenters. The molecule has 0 amide bonds. The molecule has 3 heteroatoms. The summed E-state index contributed by atoms with van der Waals surface area (Å²) in [5.41, 5.74) is 5.44. The van der Waals surface area contributed by atoms with E-state index in [2.05, 4.69) is 10.2 Å². The average Bonchev–Trinajstić information content (AvgIpc) is 2.33. The Morgan fingerprint density at radius 2 is 2.17 bits per heavy atom. The Morgan fingerprint density at radius 3 is 3.00 bits per heavy atom. The van der Waals surface area contributed by atoms with Crippen LogP contribution in [-0.4, -0.2) is 37.7 Å². The van der Waals surface area contributed by atoms with Crippen LogP contribution in [0, 0.1) is 0 Å². The highest BCUT2D eigenvalue weighted by Gasteiger charge is 2.06. The Bertz CT molecular complexity index is 97.9. The lowest BCUT2D eigenvalue weighted by molar-refractivity contribution is 0.267. The lowest BCUT2D eigenvalue weighted by atomic mass is 10.2. The van der Waals surface area contributed by atoms with Crippen LogP contribution in [0.2, 0.25) is 0 Å². The van der Waals surface area contributed by atoms with Crippen LogP contribution in [0.25, 0.3) is 0 Å². The van der Waals surface area contributed by atoms with E-state index in [1.54, 1.807) is 0 Å². The van der Waals surface area contributed by atoms with E-state index in [0.717, 1.165) is 19.6 Å². The van der Waals surface area contributed by atoms with Crippen molar-refractivity contribution in [3.8, 4) is 0 Å². The topological polar surface area (TPSA) is 41.3 Å². The highest BCUT2D eigenvalue weighted by atomic mass is 15.2. The third-order valence-electron chi connectivity index (χ3n) is 2.34. The van der Waals surface area contributed by atoms with Crippen LogP contribution in [0.1, 0.15) is 25.7 Å². The smallest absolute Gasteiger partial charge is 0.0480 e. The highest BCUT2D eigenvalue weighted by molar-refractivity contribution is 4.62. The molecule has 1 rings (SSSR count). The van der Waals surface area contributed by atoms with Crippen molar-refractivity contribution in [2.24, 2.45) is 5.73 Å². The van der Waals surface area contributed by atoms with Gasteiger partial charge in [-0.3, -0.25) is 4.90 Å². The first-order chi connectivity index (χ1) is 5.93. The molecule has 3 N–H and O–H groups in total. The van der Waals surface area contributed by atoms with Crippen LogP contribution >= 0.6 is 0 Å². The van der Waals surface area contributed by atoms with Gasteiger partial charge in [0, 0.05) is 6.67 Å². The lowest BCUT2D eigenvalue weighted by Gasteiger charge is -2.19. The van der Waals surface area contributed by atoms with Gasteiger partial charge in [-0.1, -0.05) is 0 Å². The summed E-state index contributed by atoms with van der Waals surface area (Å²) in [7, 11) is 0. The maximum absolute atomic E-state index is 5.44. The number of unbranched alkanes of at least 4 members (excludes halogenated alkanes) is 1. The first-order valence-electron chi connectivity index (χ1n) is 5.06. The fourth-order valence-electron chi connectivity index (χ4n) is 1.57. The van der Waals surface area contributed by atoms with Crippen molar-refractivity contribution >= 4 is 0 Å². The molecule has 0 bridgehead atoms. The molecule has 0 aliphatic carbocycles. The van der Waals surface area contributed by atoms with Gasteiger partial charge in [0.05, 0.1) is 0 Å². The fourth-order valence-corrected chi connectivity index (χ4v) is 1.57. The van der Waals surface area contributed by atoms with E-state index in [0.29, 0.717) is 0 Å². The Kier molecular flexibility index (Phi) is 5.32. The third-order valence-corrected chi connectivity index (χ3v) is 2.34. The zero-order valence-corrected chi connectivity index (χ0v) is 7.89. The van der Waals surface area contributed by atoms with E-state index in [-0.39, 0.29) is 0 Å². The quantitative estimate of drug-likeness (QED) is 0.600. The molecule has 1 saturated heterocycles. The molecule has 1 fully saturated rings. The van der Waals surface area contributed by atoms with Crippen molar-refractivity contribution < 1.29 is 0 Å². The van der Waals surface area contributed by atoms with Crippen molar-refractivity contribution in [2.45, 2.75) is 25.7 Å². The van der Waals surface area contributed by atoms with Crippen LogP contribution in [0.4, 0.5) is 0 Å². The lowest BCUT2D eigenvalue weighted by Crippen LogP contribution is -2.33. The van der Waals surface area contributed by atoms with Gasteiger partial charge < -0.3 is 11.1 Å². The Hall–Kier alpha value is -0.120. The van der Waals surface area contributed by atoms with Gasteiger partial charge in [-0.2, -0.15) is 0 Å². The predicted octanol–water partition coefficient (Wildman–Crippen LogP) is 0.368. The van der Waals surface area contributed by atoms with Crippen LogP contribution in [0.15, 0.2) is 0 Å². The summed E-state index contributed by atoms with van der Waals surface area (Å²) < 4.78 is 0. The molecular weight excluding hydrogens is 150 g/mol. The van der Waals surface area contributed by atoms with E-state index in [1.807, 2.05) is 0 Å². The van der Waals surface area contributed by atoms with Crippen LogP contribution in [0.3, 0.4) is 0 Å². The molecule has 0 aromatic carbocycles. The third kappa shape index (κ3) is 4.04. The number of rotatable bonds is 4. The summed E-state index contributed by atoms with van der Waals surface area (Å²) >= 11 is 0. The molecule has 1 aliphatic rings. The van der Waals surface area contributed by atoms with E-state index < -0.39 is 0 Å². The number of hydrogen-bond acceptors (Lipinski definition) is 3. The van der Waals surface area contributed by atoms with Gasteiger partial charge in [0.2, 0.25) is 0 Å². The highest BCUT2D eigenvalue weighted by Crippen LogP contribution is 2.00. The summed E-state index contributed by atoms with van der Waals surface area (Å²) in [6.45, 7) is 5.57. The number of hydrogen-bond donors (Lipinski definition) is 2. The Balaban J connectivity index is 2.04. The van der Waals surface area contributed by atoms with E-state index in [4.69, 9.17) is 5.73 Å². The minimum atomic E-state index is 0.835. The van der Waals surface area contributed by atoms with Gasteiger partial charge in [-0.15, -0.1) is 0 Å². The minimum Gasteiger partial charge on any atom is -0.330 e. The molecule has 12 heavy (non-hydrogen) atoms. The average molecular weight is 171 g/mol. The van der Waals surface area contributed by atoms with Crippen LogP contribution < -0.4 is 11.1 Å². The zero-order valence-electron chi connectivity index (χ0n) is 7.89. The van der Waals surface area contributed by atoms with Crippen molar-refractivity contribution in [2.75, 3.05) is 32.8 Å². The summed E-state index contributed by atoms with van der Waals surface area (Å²) in [6.07, 6.45) is 5.08. The predicted molar refractivity (Wildman–Crippen MR) is 52.0 cm³/mol. The normalized spacial score (nSPS) is 20.8. The van der Waals surface area contributed by atoms with Gasteiger partial charge in [0.1, 0.15) is 0 Å². The fraction of sp³-hybridized carbons (Fsp3) is 1.00. The summed E-state index contributed by atoms with van der Waals surface area (Å²) in [5.74, 6) is 0. The summed E-state index contributed by atoms with van der Waals surface area (Å²) in [6, 6.07) is 0. The van der Waals surface area contributed by atoms with E-state index >= 15 is 0 Å². The number of nitrogens with one attached hydrogen (secondary N) is 1. The molecule has 0 unspecified atom stereocenters. The first kappa shape index (κ1) is 9.96. The van der Waals surface area contributed by atoms with Gasteiger partial charge in [-0.05, 0) is 51.9 Å². The minimum absolute atomic E-state index is 0.835. The van der Waals surface area contributed by atoms with Crippen LogP contribution in [-0.2, 0) is 0 Å². The maximum atomic E-state index is 5.44. The molecular formula is C9H21N3. The van der Waals surface area contributed by atoms with Crippen molar-refractivity contribution in [3.63, 3.8) is 0 Å². The Morgan fingerprint density at radius 1 is 1.25 bits per heavy atom. The van der Waals surface area contributed by atoms with E-state index in [1.165, 1.54) is 38.9 Å². The number of nitrogens with zero attached hydrogens (tertiary/aromatic N) is 1. The molecule has 1 heterocycles. The maximum Gasteiger partial charge on any atom is 0.0480 e. The molecule has 0 spiro atoms. The van der Waals surface area contributed by atoms with Gasteiger partial charge in [0.15, 0.2) is 0 Å². The van der Waals surface area contributed by atoms with Crippen molar-refractivity contribution in [1.29, 1.82) is 0 Å². The Labute approximate surface area is 75.3 Å². The SMILES string of the molecule is NCCCCN1CCCCNC1. The summed E-state index contributed by atoms with van der Waals surface area (Å²) in [5, 5.41) is 3.42. The van der Waals surface area contributed by atoms with Crippen molar-refractivity contribution in [1.82, 2.24) is 10.2 Å². The largest absolute Gasteiger partial charge is 0.330 e. The summed E-state index contributed by atoms with van der Waals surface area (Å²) in [4.78, 5) is 2.49. The molecule has 0 aromatic heterocycles. The second-order valence-corrected chi connectivity index (χ2v) is 3.48. The first-order valence-corrected chi connectivity index (χ1v) is 5.06. The van der Waals surface area contributed by atoms with Crippen molar-refractivity contribution in [3.05, 3.63) is 0 Å². The monoisotopic (exact) mass is 171 g/mol. The van der Waals surface area contributed by atoms with E-state index in [9.17, 15) is 0 Å². The molecule has 0 radical (unpaired) electrons. The zero-order chi connectivity index (χ0) is 8.65. The molecule has 0 aromatic rings. The van der Waals surface area contributed by atoms with Crippen LogP contribution in [0.5, 0.6) is 0 Å². The standard InChI is InChI=1S/C9H21N3/c10-5-1-3-7-12-8-4-2-6-11-9-12/h11H,1-10H2. The second-order valence-electron chi connectivity index (χ2n) is 3.48. The van der Waals surface area contributed by atoms with Gasteiger partial charge in [-0.25, -0.2) is 0 Å². The van der Waals surface area contributed by atoms with Gasteiger partial charge in [0.25, 0.3) is 0 Å². The molecule has 1 aliphatic heterocycles. The number of nitrogens with two attached hydrogens (primary N) is 1.